The maximum Gasteiger partial charge on any atom is 0.185 e. The van der Waals surface area contributed by atoms with E-state index in [9.17, 15) is 0 Å². The van der Waals surface area contributed by atoms with Crippen molar-refractivity contribution in [2.24, 2.45) is 0 Å². The lowest BCUT2D eigenvalue weighted by molar-refractivity contribution is 0.851. The Balaban J connectivity index is 2.62. The van der Waals surface area contributed by atoms with E-state index in [2.05, 4.69) is 40.3 Å². The molecular formula is C9H10N4. The zero-order valence-electron chi connectivity index (χ0n) is 7.60. The lowest BCUT2D eigenvalue weighted by Gasteiger charge is -2.03. The fourth-order valence-corrected chi connectivity index (χ4v) is 1.14. The highest BCUT2D eigenvalue weighted by Gasteiger charge is 2.02. The van der Waals surface area contributed by atoms with Gasteiger partial charge in [0.2, 0.25) is 0 Å². The molecule has 0 atom stereocenters. The summed E-state index contributed by atoms with van der Waals surface area (Å²) in [6, 6.07) is 2.05. The van der Waals surface area contributed by atoms with Crippen LogP contribution in [0.4, 0.5) is 0 Å². The molecule has 0 aromatic carbocycles. The molecule has 0 N–H and O–H groups in total. The van der Waals surface area contributed by atoms with Gasteiger partial charge in [0, 0.05) is 11.6 Å². The molecule has 0 saturated carbocycles. The summed E-state index contributed by atoms with van der Waals surface area (Å²) < 4.78 is 0. The predicted octanol–water partition coefficient (Wildman–Crippen LogP) is 1.54. The van der Waals surface area contributed by atoms with Gasteiger partial charge in [-0.1, -0.05) is 13.8 Å². The highest BCUT2D eigenvalue weighted by molar-refractivity contribution is 5.73. The van der Waals surface area contributed by atoms with Crippen LogP contribution in [-0.4, -0.2) is 20.4 Å². The second-order valence-corrected chi connectivity index (χ2v) is 3.27. The fraction of sp³-hybridized carbons (Fsp3) is 0.333. The van der Waals surface area contributed by atoms with Gasteiger partial charge in [-0.15, -0.1) is 10.2 Å². The summed E-state index contributed by atoms with van der Waals surface area (Å²) in [7, 11) is 0. The maximum absolute atomic E-state index is 4.19. The molecule has 4 heteroatoms. The number of aromatic nitrogens is 4. The number of rotatable bonds is 1. The van der Waals surface area contributed by atoms with E-state index in [4.69, 9.17) is 0 Å². The standard InChI is InChI=1S/C9H10N4/c1-6(2)7-3-8-5-11-13-12-9(8)10-4-7/h3-6H,1-2H3. The van der Waals surface area contributed by atoms with E-state index < -0.39 is 0 Å². The first kappa shape index (κ1) is 8.04. The molecule has 0 amide bonds. The summed E-state index contributed by atoms with van der Waals surface area (Å²) in [6.45, 7) is 4.26. The molecule has 2 aromatic heterocycles. The summed E-state index contributed by atoms with van der Waals surface area (Å²) >= 11 is 0. The first-order chi connectivity index (χ1) is 6.27. The van der Waals surface area contributed by atoms with Crippen LogP contribution in [0.1, 0.15) is 25.3 Å². The highest BCUT2D eigenvalue weighted by Crippen LogP contribution is 2.16. The Morgan fingerprint density at radius 2 is 2.08 bits per heavy atom. The third kappa shape index (κ3) is 1.47. The topological polar surface area (TPSA) is 51.6 Å². The molecule has 2 aromatic rings. The lowest BCUT2D eigenvalue weighted by Crippen LogP contribution is -1.93. The minimum absolute atomic E-state index is 0.477. The van der Waals surface area contributed by atoms with Crippen LogP contribution in [0, 0.1) is 0 Å². The molecular weight excluding hydrogens is 164 g/mol. The highest BCUT2D eigenvalue weighted by atomic mass is 15.3. The van der Waals surface area contributed by atoms with Gasteiger partial charge in [0.25, 0.3) is 0 Å². The van der Waals surface area contributed by atoms with E-state index >= 15 is 0 Å². The summed E-state index contributed by atoms with van der Waals surface area (Å²) in [5.74, 6) is 0.477. The second kappa shape index (κ2) is 3.05. The third-order valence-corrected chi connectivity index (χ3v) is 1.97. The number of hydrogen-bond donors (Lipinski definition) is 0. The molecule has 0 unspecified atom stereocenters. The van der Waals surface area contributed by atoms with Crippen LogP contribution in [0.5, 0.6) is 0 Å². The van der Waals surface area contributed by atoms with Crippen molar-refractivity contribution in [2.75, 3.05) is 0 Å². The summed E-state index contributed by atoms with van der Waals surface area (Å²) in [5.41, 5.74) is 1.85. The molecule has 0 fully saturated rings. The van der Waals surface area contributed by atoms with E-state index in [-0.39, 0.29) is 0 Å². The Labute approximate surface area is 76.0 Å². The molecule has 0 bridgehead atoms. The minimum Gasteiger partial charge on any atom is -0.235 e. The second-order valence-electron chi connectivity index (χ2n) is 3.27. The normalized spacial score (nSPS) is 11.0. The Bertz CT molecular complexity index is 425. The average Bonchev–Trinajstić information content (AvgIpc) is 2.17. The van der Waals surface area contributed by atoms with E-state index in [1.807, 2.05) is 6.20 Å². The number of pyridine rings is 1. The molecule has 4 nitrogen and oxygen atoms in total. The number of hydrogen-bond acceptors (Lipinski definition) is 4. The Kier molecular flexibility index (Phi) is 1.88. The molecule has 0 aliphatic heterocycles. The Hall–Kier alpha value is -1.58. The van der Waals surface area contributed by atoms with Crippen molar-refractivity contribution in [3.63, 3.8) is 0 Å². The lowest BCUT2D eigenvalue weighted by atomic mass is 10.1. The first-order valence-corrected chi connectivity index (χ1v) is 4.21. The zero-order chi connectivity index (χ0) is 9.26. The monoisotopic (exact) mass is 174 g/mol. The van der Waals surface area contributed by atoms with Crippen LogP contribution in [0.3, 0.4) is 0 Å². The van der Waals surface area contributed by atoms with Crippen molar-refractivity contribution in [3.8, 4) is 0 Å². The predicted molar refractivity (Wildman–Crippen MR) is 49.2 cm³/mol. The molecule has 0 saturated heterocycles. The van der Waals surface area contributed by atoms with Crippen molar-refractivity contribution in [1.29, 1.82) is 0 Å². The summed E-state index contributed by atoms with van der Waals surface area (Å²) in [5, 5.41) is 12.0. The molecule has 66 valence electrons. The Morgan fingerprint density at radius 1 is 1.23 bits per heavy atom. The van der Waals surface area contributed by atoms with E-state index in [0.717, 1.165) is 5.39 Å². The molecule has 2 heterocycles. The Morgan fingerprint density at radius 3 is 2.85 bits per heavy atom. The van der Waals surface area contributed by atoms with Crippen molar-refractivity contribution < 1.29 is 0 Å². The minimum atomic E-state index is 0.477. The third-order valence-electron chi connectivity index (χ3n) is 1.97. The summed E-state index contributed by atoms with van der Waals surface area (Å²) in [4.78, 5) is 4.19. The molecule has 0 aliphatic rings. The van der Waals surface area contributed by atoms with Gasteiger partial charge in [-0.3, -0.25) is 0 Å². The van der Waals surface area contributed by atoms with Crippen molar-refractivity contribution >= 4 is 11.0 Å². The fourth-order valence-electron chi connectivity index (χ4n) is 1.14. The van der Waals surface area contributed by atoms with Crippen molar-refractivity contribution in [2.45, 2.75) is 19.8 Å². The van der Waals surface area contributed by atoms with Gasteiger partial charge in [-0.05, 0) is 22.8 Å². The molecule has 0 spiro atoms. The largest absolute Gasteiger partial charge is 0.235 e. The first-order valence-electron chi connectivity index (χ1n) is 4.21. The maximum atomic E-state index is 4.19. The van der Waals surface area contributed by atoms with Crippen LogP contribution in [0.25, 0.3) is 11.0 Å². The molecule has 0 aliphatic carbocycles. The van der Waals surface area contributed by atoms with Gasteiger partial charge < -0.3 is 0 Å². The number of nitrogens with zero attached hydrogens (tertiary/aromatic N) is 4. The van der Waals surface area contributed by atoms with Gasteiger partial charge in [0.15, 0.2) is 5.65 Å². The van der Waals surface area contributed by atoms with Crippen LogP contribution in [-0.2, 0) is 0 Å². The van der Waals surface area contributed by atoms with Crippen LogP contribution in [0.15, 0.2) is 18.5 Å². The smallest absolute Gasteiger partial charge is 0.185 e. The average molecular weight is 174 g/mol. The van der Waals surface area contributed by atoms with E-state index in [1.54, 1.807) is 6.20 Å². The summed E-state index contributed by atoms with van der Waals surface area (Å²) in [6.07, 6.45) is 3.52. The quantitative estimate of drug-likeness (QED) is 0.658. The number of fused-ring (bicyclic) bond motifs is 1. The van der Waals surface area contributed by atoms with Gasteiger partial charge in [-0.2, -0.15) is 0 Å². The van der Waals surface area contributed by atoms with Gasteiger partial charge >= 0.3 is 0 Å². The van der Waals surface area contributed by atoms with Crippen LogP contribution < -0.4 is 0 Å². The van der Waals surface area contributed by atoms with Gasteiger partial charge in [-0.25, -0.2) is 4.98 Å². The molecule has 2 rings (SSSR count). The van der Waals surface area contributed by atoms with Crippen molar-refractivity contribution in [1.82, 2.24) is 20.4 Å². The molecule has 13 heavy (non-hydrogen) atoms. The van der Waals surface area contributed by atoms with Gasteiger partial charge in [0.05, 0.1) is 6.20 Å². The van der Waals surface area contributed by atoms with Crippen LogP contribution >= 0.6 is 0 Å². The van der Waals surface area contributed by atoms with Gasteiger partial charge in [0.1, 0.15) is 0 Å². The molecule has 0 radical (unpaired) electrons. The zero-order valence-corrected chi connectivity index (χ0v) is 7.60. The van der Waals surface area contributed by atoms with Crippen molar-refractivity contribution in [3.05, 3.63) is 24.0 Å². The van der Waals surface area contributed by atoms with Crippen LogP contribution in [0.2, 0.25) is 0 Å². The van der Waals surface area contributed by atoms with E-state index in [1.165, 1.54) is 5.56 Å². The van der Waals surface area contributed by atoms with E-state index in [0.29, 0.717) is 11.6 Å². The SMILES string of the molecule is CC(C)c1cnc2nnncc2c1.